The minimum atomic E-state index is -0.538. The van der Waals surface area contributed by atoms with E-state index in [1.54, 1.807) is 25.3 Å². The Balaban J connectivity index is 2.57. The highest BCUT2D eigenvalue weighted by Crippen LogP contribution is 2.31. The zero-order valence-electron chi connectivity index (χ0n) is 13.9. The van der Waals surface area contributed by atoms with E-state index >= 15 is 0 Å². The van der Waals surface area contributed by atoms with Crippen molar-refractivity contribution in [3.63, 3.8) is 0 Å². The number of esters is 1. The van der Waals surface area contributed by atoms with Gasteiger partial charge < -0.3 is 15.2 Å². The minimum Gasteiger partial charge on any atom is -0.462 e. The van der Waals surface area contributed by atoms with Crippen molar-refractivity contribution in [3.05, 3.63) is 29.0 Å². The Morgan fingerprint density at radius 1 is 1.42 bits per heavy atom. The van der Waals surface area contributed by atoms with Crippen LogP contribution < -0.4 is 5.32 Å². The predicted octanol–water partition coefficient (Wildman–Crippen LogP) is 3.42. The number of hydrogen-bond acceptors (Lipinski definition) is 6. The van der Waals surface area contributed by atoms with Crippen LogP contribution in [0.25, 0.3) is 11.0 Å². The van der Waals surface area contributed by atoms with Crippen molar-refractivity contribution in [1.29, 1.82) is 0 Å². The predicted molar refractivity (Wildman–Crippen MR) is 94.5 cm³/mol. The van der Waals surface area contributed by atoms with Gasteiger partial charge in [-0.3, -0.25) is 4.98 Å². The highest BCUT2D eigenvalue weighted by atomic mass is 35.5. The lowest BCUT2D eigenvalue weighted by Crippen LogP contribution is -2.23. The second-order valence-electron chi connectivity index (χ2n) is 5.39. The SMILES string of the molecule is CCCC(CCO)Nc1c(C(=O)OCC)c(Cl)nc2cccnc12. The molecule has 1 atom stereocenters. The first-order valence-corrected chi connectivity index (χ1v) is 8.48. The third-order valence-electron chi connectivity index (χ3n) is 3.64. The zero-order chi connectivity index (χ0) is 17.5. The van der Waals surface area contributed by atoms with E-state index in [0.717, 1.165) is 12.8 Å². The van der Waals surface area contributed by atoms with Gasteiger partial charge in [0.2, 0.25) is 0 Å². The fraction of sp³-hybridized carbons (Fsp3) is 0.471. The number of rotatable bonds is 8. The molecule has 0 aliphatic rings. The summed E-state index contributed by atoms with van der Waals surface area (Å²) >= 11 is 6.25. The fourth-order valence-corrected chi connectivity index (χ4v) is 2.85. The van der Waals surface area contributed by atoms with E-state index < -0.39 is 5.97 Å². The first-order valence-electron chi connectivity index (χ1n) is 8.11. The van der Waals surface area contributed by atoms with Gasteiger partial charge in [-0.1, -0.05) is 24.9 Å². The molecular formula is C17H22ClN3O3. The zero-order valence-corrected chi connectivity index (χ0v) is 14.6. The summed E-state index contributed by atoms with van der Waals surface area (Å²) in [5, 5.41) is 12.7. The first-order chi connectivity index (χ1) is 11.6. The number of aliphatic hydroxyl groups is 1. The molecule has 2 heterocycles. The Morgan fingerprint density at radius 2 is 2.21 bits per heavy atom. The summed E-state index contributed by atoms with van der Waals surface area (Å²) in [5.41, 5.74) is 1.85. The van der Waals surface area contributed by atoms with Gasteiger partial charge in [-0.15, -0.1) is 0 Å². The van der Waals surface area contributed by atoms with E-state index in [9.17, 15) is 9.90 Å². The largest absolute Gasteiger partial charge is 0.462 e. The third kappa shape index (κ3) is 4.13. The molecule has 0 amide bonds. The molecule has 2 rings (SSSR count). The third-order valence-corrected chi connectivity index (χ3v) is 3.91. The van der Waals surface area contributed by atoms with Crippen molar-refractivity contribution >= 4 is 34.3 Å². The van der Waals surface area contributed by atoms with Crippen LogP contribution in [0.15, 0.2) is 18.3 Å². The Morgan fingerprint density at radius 3 is 2.88 bits per heavy atom. The van der Waals surface area contributed by atoms with Crippen LogP contribution in [0.2, 0.25) is 5.15 Å². The fourth-order valence-electron chi connectivity index (χ4n) is 2.59. The maximum absolute atomic E-state index is 12.4. The van der Waals surface area contributed by atoms with Crippen LogP contribution in [-0.2, 0) is 4.74 Å². The van der Waals surface area contributed by atoms with Gasteiger partial charge in [-0.2, -0.15) is 0 Å². The molecule has 0 bridgehead atoms. The molecule has 24 heavy (non-hydrogen) atoms. The molecule has 0 spiro atoms. The van der Waals surface area contributed by atoms with E-state index in [2.05, 4.69) is 22.2 Å². The number of carbonyl (C=O) groups excluding carboxylic acids is 1. The number of aliphatic hydroxyl groups excluding tert-OH is 1. The van der Waals surface area contributed by atoms with Crippen LogP contribution in [0.4, 0.5) is 5.69 Å². The number of anilines is 1. The molecule has 1 unspecified atom stereocenters. The molecule has 0 saturated heterocycles. The topological polar surface area (TPSA) is 84.3 Å². The van der Waals surface area contributed by atoms with Gasteiger partial charge in [0, 0.05) is 18.8 Å². The van der Waals surface area contributed by atoms with Crippen LogP contribution in [-0.4, -0.2) is 40.3 Å². The van der Waals surface area contributed by atoms with Crippen molar-refractivity contribution in [3.8, 4) is 0 Å². The molecule has 0 aromatic carbocycles. The van der Waals surface area contributed by atoms with Crippen LogP contribution >= 0.6 is 11.6 Å². The number of carbonyl (C=O) groups is 1. The molecule has 0 aliphatic heterocycles. The number of aromatic nitrogens is 2. The number of halogens is 1. The summed E-state index contributed by atoms with van der Waals surface area (Å²) in [6, 6.07) is 3.54. The smallest absolute Gasteiger partial charge is 0.343 e. The molecule has 0 radical (unpaired) electrons. The van der Waals surface area contributed by atoms with E-state index in [0.29, 0.717) is 23.1 Å². The van der Waals surface area contributed by atoms with Crippen molar-refractivity contribution < 1.29 is 14.6 Å². The van der Waals surface area contributed by atoms with Gasteiger partial charge in [0.15, 0.2) is 0 Å². The lowest BCUT2D eigenvalue weighted by Gasteiger charge is -2.21. The minimum absolute atomic E-state index is 0.00292. The number of hydrogen-bond donors (Lipinski definition) is 2. The van der Waals surface area contributed by atoms with Gasteiger partial charge in [0.25, 0.3) is 0 Å². The van der Waals surface area contributed by atoms with Crippen LogP contribution in [0.1, 0.15) is 43.5 Å². The average molecular weight is 352 g/mol. The first kappa shape index (κ1) is 18.4. The van der Waals surface area contributed by atoms with Crippen molar-refractivity contribution in [2.45, 2.75) is 39.2 Å². The summed E-state index contributed by atoms with van der Waals surface area (Å²) < 4.78 is 5.12. The molecule has 0 saturated carbocycles. The maximum Gasteiger partial charge on any atom is 0.343 e. The lowest BCUT2D eigenvalue weighted by atomic mass is 10.1. The van der Waals surface area contributed by atoms with Gasteiger partial charge in [0.1, 0.15) is 16.2 Å². The molecule has 0 fully saturated rings. The number of pyridine rings is 2. The maximum atomic E-state index is 12.4. The summed E-state index contributed by atoms with van der Waals surface area (Å²) in [4.78, 5) is 21.0. The highest BCUT2D eigenvalue weighted by molar-refractivity contribution is 6.34. The molecule has 2 N–H and O–H groups in total. The summed E-state index contributed by atoms with van der Waals surface area (Å²) in [5.74, 6) is -0.538. The normalized spacial score (nSPS) is 12.2. The van der Waals surface area contributed by atoms with Crippen LogP contribution in [0, 0.1) is 0 Å². The standard InChI is InChI=1S/C17H22ClN3O3/c1-3-6-11(8-10-22)20-15-13(17(23)24-4-2)16(18)21-12-7-5-9-19-14(12)15/h5,7,9,11,22H,3-4,6,8,10H2,1-2H3,(H,20,21). The Bertz CT molecular complexity index is 703. The number of nitrogens with zero attached hydrogens (tertiary/aromatic N) is 2. The van der Waals surface area contributed by atoms with Crippen LogP contribution in [0.5, 0.6) is 0 Å². The Labute approximate surface area is 146 Å². The number of fused-ring (bicyclic) bond motifs is 1. The van der Waals surface area contributed by atoms with Crippen molar-refractivity contribution in [2.75, 3.05) is 18.5 Å². The van der Waals surface area contributed by atoms with Crippen molar-refractivity contribution in [2.24, 2.45) is 0 Å². The van der Waals surface area contributed by atoms with Gasteiger partial charge in [0.05, 0.1) is 17.8 Å². The second kappa shape index (κ2) is 8.80. The number of ether oxygens (including phenoxy) is 1. The van der Waals surface area contributed by atoms with E-state index in [1.165, 1.54) is 0 Å². The molecule has 2 aromatic heterocycles. The summed E-state index contributed by atoms with van der Waals surface area (Å²) in [6.07, 6.45) is 3.98. The van der Waals surface area contributed by atoms with E-state index in [4.69, 9.17) is 16.3 Å². The summed E-state index contributed by atoms with van der Waals surface area (Å²) in [6.45, 7) is 4.09. The quantitative estimate of drug-likeness (QED) is 0.560. The van der Waals surface area contributed by atoms with E-state index in [-0.39, 0.29) is 30.0 Å². The van der Waals surface area contributed by atoms with Crippen molar-refractivity contribution in [1.82, 2.24) is 9.97 Å². The average Bonchev–Trinajstić information content (AvgIpc) is 2.55. The monoisotopic (exact) mass is 351 g/mol. The molecule has 2 aromatic rings. The second-order valence-corrected chi connectivity index (χ2v) is 5.74. The highest BCUT2D eigenvalue weighted by Gasteiger charge is 2.24. The van der Waals surface area contributed by atoms with Gasteiger partial charge >= 0.3 is 5.97 Å². The molecule has 0 aliphatic carbocycles. The van der Waals surface area contributed by atoms with E-state index in [1.807, 2.05) is 0 Å². The molecule has 6 nitrogen and oxygen atoms in total. The van der Waals surface area contributed by atoms with Gasteiger partial charge in [-0.25, -0.2) is 9.78 Å². The number of nitrogens with one attached hydrogen (secondary N) is 1. The molecular weight excluding hydrogens is 330 g/mol. The lowest BCUT2D eigenvalue weighted by molar-refractivity contribution is 0.0527. The van der Waals surface area contributed by atoms with Crippen LogP contribution in [0.3, 0.4) is 0 Å². The molecule has 7 heteroatoms. The molecule has 130 valence electrons. The Hall–Kier alpha value is -1.92. The summed E-state index contributed by atoms with van der Waals surface area (Å²) in [7, 11) is 0. The Kier molecular flexibility index (Phi) is 6.75. The van der Waals surface area contributed by atoms with Gasteiger partial charge in [-0.05, 0) is 31.9 Å².